The molecule has 0 aliphatic rings. The summed E-state index contributed by atoms with van der Waals surface area (Å²) >= 11 is 0. The van der Waals surface area contributed by atoms with E-state index in [1.54, 1.807) is 0 Å². The lowest BCUT2D eigenvalue weighted by atomic mass is 10.0. The number of aliphatic carboxylic acids is 2. The molecule has 10 heteroatoms. The number of rotatable bonds is 4. The van der Waals surface area contributed by atoms with Gasteiger partial charge in [-0.1, -0.05) is 6.08 Å². The van der Waals surface area contributed by atoms with Crippen molar-refractivity contribution in [1.82, 2.24) is 0 Å². The van der Waals surface area contributed by atoms with E-state index < -0.39 is 48.3 Å². The molecule has 0 atom stereocenters. The van der Waals surface area contributed by atoms with Crippen LogP contribution in [0.1, 0.15) is 6.42 Å². The molecule has 0 unspecified atom stereocenters. The monoisotopic (exact) mass is 280 g/mol. The van der Waals surface area contributed by atoms with Gasteiger partial charge in [0.25, 0.3) is 0 Å². The molecule has 0 saturated heterocycles. The number of allylic oxidation sites excluding steroid dienone is 1. The van der Waals surface area contributed by atoms with Crippen LogP contribution in [0.3, 0.4) is 0 Å². The van der Waals surface area contributed by atoms with Gasteiger partial charge in [-0.05, 0) is 0 Å². The van der Waals surface area contributed by atoms with Crippen LogP contribution in [0, 0.1) is 5.92 Å². The number of alkyl halides is 6. The summed E-state index contributed by atoms with van der Waals surface area (Å²) in [5.74, 6) is -8.03. The molecule has 0 bridgehead atoms. The lowest BCUT2D eigenvalue weighted by molar-refractivity contribution is -0.268. The summed E-state index contributed by atoms with van der Waals surface area (Å²) in [6.07, 6.45) is -13.6. The summed E-state index contributed by atoms with van der Waals surface area (Å²) in [4.78, 5) is 20.5. The van der Waals surface area contributed by atoms with Gasteiger partial charge in [0.1, 0.15) is 0 Å². The molecular formula is C8H6F6O4. The van der Waals surface area contributed by atoms with Gasteiger partial charge in [-0.2, -0.15) is 26.3 Å². The van der Waals surface area contributed by atoms with Gasteiger partial charge in [0.05, 0.1) is 6.42 Å². The number of hydrogen-bond acceptors (Lipinski definition) is 2. The first kappa shape index (κ1) is 16.3. The maximum Gasteiger partial charge on any atom is 0.403 e. The molecule has 104 valence electrons. The van der Waals surface area contributed by atoms with Crippen molar-refractivity contribution in [2.75, 3.05) is 0 Å². The zero-order valence-corrected chi connectivity index (χ0v) is 8.34. The highest BCUT2D eigenvalue weighted by Gasteiger charge is 2.55. The van der Waals surface area contributed by atoms with Crippen molar-refractivity contribution in [1.29, 1.82) is 0 Å². The topological polar surface area (TPSA) is 74.6 Å². The summed E-state index contributed by atoms with van der Waals surface area (Å²) in [6, 6.07) is 0. The fourth-order valence-electron chi connectivity index (χ4n) is 0.944. The maximum absolute atomic E-state index is 12.1. The molecule has 4 nitrogen and oxygen atoms in total. The summed E-state index contributed by atoms with van der Waals surface area (Å²) in [6.45, 7) is 0. The molecule has 0 aromatic rings. The minimum Gasteiger partial charge on any atom is -0.481 e. The Hall–Kier alpha value is -1.74. The lowest BCUT2D eigenvalue weighted by Crippen LogP contribution is -2.35. The van der Waals surface area contributed by atoms with Gasteiger partial charge < -0.3 is 10.2 Å². The Bertz CT molecular complexity index is 353. The normalized spacial score (nSPS) is 13.8. The van der Waals surface area contributed by atoms with Crippen LogP contribution in [-0.4, -0.2) is 34.5 Å². The second kappa shape index (κ2) is 5.27. The van der Waals surface area contributed by atoms with E-state index in [4.69, 9.17) is 10.2 Å². The molecule has 0 spiro atoms. The Morgan fingerprint density at radius 1 is 1.00 bits per heavy atom. The van der Waals surface area contributed by atoms with E-state index in [0.717, 1.165) is 0 Å². The maximum atomic E-state index is 12.1. The fraction of sp³-hybridized carbons (Fsp3) is 0.500. The quantitative estimate of drug-likeness (QED) is 0.611. The van der Waals surface area contributed by atoms with Gasteiger partial charge in [0.15, 0.2) is 5.92 Å². The van der Waals surface area contributed by atoms with Crippen LogP contribution in [0.15, 0.2) is 11.6 Å². The minimum absolute atomic E-state index is 0.642. The zero-order chi connectivity index (χ0) is 14.7. The molecule has 0 aliphatic carbocycles. The van der Waals surface area contributed by atoms with E-state index in [0.29, 0.717) is 0 Å². The number of carboxylic acids is 2. The minimum atomic E-state index is -5.75. The number of carbonyl (C=O) groups is 2. The van der Waals surface area contributed by atoms with Crippen molar-refractivity contribution in [3.05, 3.63) is 11.6 Å². The van der Waals surface area contributed by atoms with Crippen molar-refractivity contribution in [2.45, 2.75) is 18.8 Å². The molecule has 18 heavy (non-hydrogen) atoms. The van der Waals surface area contributed by atoms with Gasteiger partial charge in [0.2, 0.25) is 0 Å². The summed E-state index contributed by atoms with van der Waals surface area (Å²) in [7, 11) is 0. The predicted octanol–water partition coefficient (Wildman–Crippen LogP) is 2.21. The van der Waals surface area contributed by atoms with E-state index in [1.165, 1.54) is 0 Å². The predicted molar refractivity (Wildman–Crippen MR) is 43.6 cm³/mol. The Kier molecular flexibility index (Phi) is 4.76. The van der Waals surface area contributed by atoms with Gasteiger partial charge in [-0.15, -0.1) is 0 Å². The van der Waals surface area contributed by atoms with Gasteiger partial charge >= 0.3 is 24.3 Å². The molecule has 0 fully saturated rings. The third-order valence-electron chi connectivity index (χ3n) is 1.69. The van der Waals surface area contributed by atoms with Gasteiger partial charge in [0, 0.05) is 5.57 Å². The third kappa shape index (κ3) is 5.06. The Labute approximate surface area is 95.5 Å². The van der Waals surface area contributed by atoms with Crippen molar-refractivity contribution < 1.29 is 46.1 Å². The lowest BCUT2D eigenvalue weighted by Gasteiger charge is -2.20. The van der Waals surface area contributed by atoms with Crippen LogP contribution in [0.2, 0.25) is 0 Å². The first-order chi connectivity index (χ1) is 7.85. The van der Waals surface area contributed by atoms with Crippen LogP contribution in [-0.2, 0) is 9.59 Å². The first-order valence-electron chi connectivity index (χ1n) is 4.15. The molecule has 0 aromatic heterocycles. The van der Waals surface area contributed by atoms with Crippen LogP contribution in [0.5, 0.6) is 0 Å². The van der Waals surface area contributed by atoms with Crippen LogP contribution in [0.25, 0.3) is 0 Å². The summed E-state index contributed by atoms with van der Waals surface area (Å²) < 4.78 is 72.4. The molecular weight excluding hydrogens is 274 g/mol. The third-order valence-corrected chi connectivity index (χ3v) is 1.69. The first-order valence-corrected chi connectivity index (χ1v) is 4.15. The van der Waals surface area contributed by atoms with Crippen LogP contribution in [0.4, 0.5) is 26.3 Å². The van der Waals surface area contributed by atoms with Gasteiger partial charge in [-0.25, -0.2) is 4.79 Å². The van der Waals surface area contributed by atoms with Crippen molar-refractivity contribution in [3.63, 3.8) is 0 Å². The standard InChI is InChI=1S/C8H6F6O4/c9-7(10,11)4(8(12,13)14)1-3(6(17)18)2-5(15)16/h1,4H,2H2,(H,15,16)(H,17,18). The molecule has 0 heterocycles. The molecule has 0 rings (SSSR count). The fourth-order valence-corrected chi connectivity index (χ4v) is 0.944. The zero-order valence-electron chi connectivity index (χ0n) is 8.34. The molecule has 0 amide bonds. The highest BCUT2D eigenvalue weighted by Crippen LogP contribution is 2.40. The molecule has 0 radical (unpaired) electrons. The average Bonchev–Trinajstić information content (AvgIpc) is 2.06. The van der Waals surface area contributed by atoms with E-state index in [2.05, 4.69) is 0 Å². The summed E-state index contributed by atoms with van der Waals surface area (Å²) in [5.41, 5.74) is -1.48. The number of hydrogen-bond donors (Lipinski definition) is 2. The van der Waals surface area contributed by atoms with E-state index in [-0.39, 0.29) is 0 Å². The van der Waals surface area contributed by atoms with Crippen LogP contribution >= 0.6 is 0 Å². The van der Waals surface area contributed by atoms with E-state index in [1.807, 2.05) is 0 Å². The Morgan fingerprint density at radius 2 is 1.39 bits per heavy atom. The molecule has 0 aromatic carbocycles. The van der Waals surface area contributed by atoms with Crippen molar-refractivity contribution in [3.8, 4) is 0 Å². The van der Waals surface area contributed by atoms with E-state index >= 15 is 0 Å². The molecule has 0 aliphatic heterocycles. The second-order valence-electron chi connectivity index (χ2n) is 3.13. The van der Waals surface area contributed by atoms with Crippen molar-refractivity contribution >= 4 is 11.9 Å². The molecule has 2 N–H and O–H groups in total. The van der Waals surface area contributed by atoms with Crippen molar-refractivity contribution in [2.24, 2.45) is 5.92 Å². The smallest absolute Gasteiger partial charge is 0.403 e. The molecule has 0 saturated carbocycles. The highest BCUT2D eigenvalue weighted by atomic mass is 19.4. The Morgan fingerprint density at radius 3 is 1.61 bits per heavy atom. The Balaban J connectivity index is 5.49. The summed E-state index contributed by atoms with van der Waals surface area (Å²) in [5, 5.41) is 16.5. The number of halogens is 6. The van der Waals surface area contributed by atoms with Crippen LogP contribution < -0.4 is 0 Å². The van der Waals surface area contributed by atoms with E-state index in [9.17, 15) is 35.9 Å². The number of carboxylic acid groups (broad SMARTS) is 2. The highest BCUT2D eigenvalue weighted by molar-refractivity contribution is 5.92. The van der Waals surface area contributed by atoms with Gasteiger partial charge in [-0.3, -0.25) is 4.79 Å². The second-order valence-corrected chi connectivity index (χ2v) is 3.13. The average molecular weight is 280 g/mol. The largest absolute Gasteiger partial charge is 0.481 e. The SMILES string of the molecule is O=C(O)CC(=CC(C(F)(F)F)C(F)(F)F)C(=O)O.